The summed E-state index contributed by atoms with van der Waals surface area (Å²) in [5.74, 6) is -1.38. The Morgan fingerprint density at radius 2 is 2.00 bits per heavy atom. The zero-order valence-electron chi connectivity index (χ0n) is 8.69. The van der Waals surface area contributed by atoms with Crippen LogP contribution in [-0.2, 0) is 10.9 Å². The first kappa shape index (κ1) is 14.8. The number of carbonyl (C=O) groups excluding carboxylic acids is 1. The molecule has 0 aliphatic heterocycles. The zero-order valence-corrected chi connectivity index (χ0v) is 10.3. The molecule has 0 fully saturated rings. The molecular formula is C9H5BrF5NO2. The smallest absolute Gasteiger partial charge is 0.434 e. The minimum Gasteiger partial charge on any atom is -0.465 e. The number of ether oxygens (including phenoxy) is 1. The third kappa shape index (κ3) is 2.95. The number of pyridine rings is 1. The van der Waals surface area contributed by atoms with Crippen LogP contribution < -0.4 is 0 Å². The molecule has 0 unspecified atom stereocenters. The van der Waals surface area contributed by atoms with Crippen molar-refractivity contribution in [3.63, 3.8) is 0 Å². The predicted octanol–water partition coefficient (Wildman–Crippen LogP) is 3.59. The number of alkyl halides is 5. The number of hydrogen-bond acceptors (Lipinski definition) is 3. The fraction of sp³-hybridized carbons (Fsp3) is 0.333. The fourth-order valence-electron chi connectivity index (χ4n) is 1.14. The van der Waals surface area contributed by atoms with E-state index in [1.54, 1.807) is 0 Å². The second-order valence-corrected chi connectivity index (χ2v) is 3.81. The molecule has 1 aromatic heterocycles. The largest absolute Gasteiger partial charge is 0.465 e. The van der Waals surface area contributed by atoms with Gasteiger partial charge in [0.05, 0.1) is 18.2 Å². The van der Waals surface area contributed by atoms with Crippen LogP contribution in [-0.4, -0.2) is 18.1 Å². The molecule has 0 N–H and O–H groups in total. The maximum absolute atomic E-state index is 12.6. The summed E-state index contributed by atoms with van der Waals surface area (Å²) in [6.07, 6.45) is -8.02. The first-order chi connectivity index (χ1) is 8.18. The number of methoxy groups -OCH3 is 1. The van der Waals surface area contributed by atoms with Crippen LogP contribution in [0.2, 0.25) is 0 Å². The van der Waals surface area contributed by atoms with Crippen molar-refractivity contribution in [2.75, 3.05) is 7.11 Å². The Bertz CT molecular complexity index is 475. The SMILES string of the molecule is COC(=O)c1cc(C(F)F)c(Br)nc1C(F)(F)F. The highest BCUT2D eigenvalue weighted by molar-refractivity contribution is 9.10. The van der Waals surface area contributed by atoms with Gasteiger partial charge >= 0.3 is 12.1 Å². The fourth-order valence-corrected chi connectivity index (χ4v) is 1.61. The van der Waals surface area contributed by atoms with Crippen molar-refractivity contribution in [1.82, 2.24) is 4.98 Å². The van der Waals surface area contributed by atoms with Gasteiger partial charge in [0.15, 0.2) is 5.69 Å². The van der Waals surface area contributed by atoms with Crippen LogP contribution in [0.4, 0.5) is 22.0 Å². The molecule has 3 nitrogen and oxygen atoms in total. The van der Waals surface area contributed by atoms with E-state index in [0.717, 1.165) is 7.11 Å². The first-order valence-electron chi connectivity index (χ1n) is 4.32. The number of halogens is 6. The van der Waals surface area contributed by atoms with E-state index in [9.17, 15) is 26.7 Å². The Kier molecular flexibility index (Phi) is 4.25. The van der Waals surface area contributed by atoms with Gasteiger partial charge in [0.2, 0.25) is 0 Å². The molecule has 18 heavy (non-hydrogen) atoms. The molecule has 9 heteroatoms. The summed E-state index contributed by atoms with van der Waals surface area (Å²) >= 11 is 2.50. The molecule has 1 rings (SSSR count). The number of carbonyl (C=O) groups is 1. The molecule has 1 heterocycles. The van der Waals surface area contributed by atoms with Crippen LogP contribution in [0.5, 0.6) is 0 Å². The number of rotatable bonds is 2. The van der Waals surface area contributed by atoms with E-state index in [0.29, 0.717) is 6.07 Å². The maximum Gasteiger partial charge on any atom is 0.434 e. The van der Waals surface area contributed by atoms with E-state index in [1.807, 2.05) is 0 Å². The molecule has 0 spiro atoms. The van der Waals surface area contributed by atoms with Gasteiger partial charge in [-0.1, -0.05) is 0 Å². The molecule has 0 aliphatic carbocycles. The number of hydrogen-bond donors (Lipinski definition) is 0. The molecular weight excluding hydrogens is 329 g/mol. The van der Waals surface area contributed by atoms with Gasteiger partial charge in [-0.05, 0) is 22.0 Å². The zero-order chi connectivity index (χ0) is 14.1. The number of aromatic nitrogens is 1. The van der Waals surface area contributed by atoms with Crippen molar-refractivity contribution in [1.29, 1.82) is 0 Å². The lowest BCUT2D eigenvalue weighted by molar-refractivity contribution is -0.141. The van der Waals surface area contributed by atoms with Crippen LogP contribution in [0.15, 0.2) is 10.7 Å². The summed E-state index contributed by atoms with van der Waals surface area (Å²) in [5.41, 5.74) is -3.45. The Morgan fingerprint density at radius 3 is 2.39 bits per heavy atom. The van der Waals surface area contributed by atoms with E-state index in [4.69, 9.17) is 0 Å². The minimum atomic E-state index is -4.95. The second kappa shape index (κ2) is 5.17. The van der Waals surface area contributed by atoms with Gasteiger partial charge < -0.3 is 4.74 Å². The third-order valence-corrected chi connectivity index (χ3v) is 2.55. The Hall–Kier alpha value is -1.25. The van der Waals surface area contributed by atoms with Gasteiger partial charge in [0.1, 0.15) is 4.60 Å². The van der Waals surface area contributed by atoms with Crippen LogP contribution >= 0.6 is 15.9 Å². The van der Waals surface area contributed by atoms with E-state index >= 15 is 0 Å². The normalized spacial score (nSPS) is 11.8. The third-order valence-electron chi connectivity index (χ3n) is 1.91. The van der Waals surface area contributed by atoms with Crippen molar-refractivity contribution < 1.29 is 31.5 Å². The van der Waals surface area contributed by atoms with Crippen molar-refractivity contribution in [3.8, 4) is 0 Å². The monoisotopic (exact) mass is 333 g/mol. The van der Waals surface area contributed by atoms with Crippen molar-refractivity contribution in [2.24, 2.45) is 0 Å². The standard InChI is InChI=1S/C9H5BrF5NO2/c1-18-8(17)3-2-4(7(11)12)6(10)16-5(3)9(13,14)15/h2,7H,1H3. The van der Waals surface area contributed by atoms with Crippen LogP contribution in [0.3, 0.4) is 0 Å². The predicted molar refractivity (Wildman–Crippen MR) is 53.2 cm³/mol. The molecule has 0 bridgehead atoms. The van der Waals surface area contributed by atoms with Gasteiger partial charge in [0.25, 0.3) is 6.43 Å². The molecule has 0 atom stereocenters. The second-order valence-electron chi connectivity index (χ2n) is 3.05. The van der Waals surface area contributed by atoms with Crippen LogP contribution in [0, 0.1) is 0 Å². The van der Waals surface area contributed by atoms with Crippen LogP contribution in [0.25, 0.3) is 0 Å². The van der Waals surface area contributed by atoms with Gasteiger partial charge in [-0.2, -0.15) is 13.2 Å². The van der Waals surface area contributed by atoms with E-state index in [2.05, 4.69) is 25.7 Å². The molecule has 0 saturated heterocycles. The van der Waals surface area contributed by atoms with E-state index < -0.39 is 40.0 Å². The summed E-state index contributed by atoms with van der Waals surface area (Å²) in [5, 5.41) is 0. The summed E-state index contributed by atoms with van der Waals surface area (Å²) < 4.78 is 66.2. The van der Waals surface area contributed by atoms with Crippen molar-refractivity contribution in [3.05, 3.63) is 27.5 Å². The Morgan fingerprint density at radius 1 is 1.44 bits per heavy atom. The topological polar surface area (TPSA) is 39.2 Å². The van der Waals surface area contributed by atoms with Gasteiger partial charge in [-0.3, -0.25) is 0 Å². The number of esters is 1. The maximum atomic E-state index is 12.6. The summed E-state index contributed by atoms with van der Waals surface area (Å²) in [6, 6.07) is 0.413. The Balaban J connectivity index is 3.52. The molecule has 0 aromatic carbocycles. The lowest BCUT2D eigenvalue weighted by Gasteiger charge is -2.13. The van der Waals surface area contributed by atoms with Gasteiger partial charge in [-0.15, -0.1) is 0 Å². The highest BCUT2D eigenvalue weighted by Gasteiger charge is 2.39. The average molecular weight is 334 g/mol. The molecule has 0 amide bonds. The van der Waals surface area contributed by atoms with Crippen molar-refractivity contribution in [2.45, 2.75) is 12.6 Å². The van der Waals surface area contributed by atoms with Crippen LogP contribution in [0.1, 0.15) is 28.0 Å². The van der Waals surface area contributed by atoms with Gasteiger partial charge in [0, 0.05) is 0 Å². The Labute approximate surface area is 106 Å². The molecule has 100 valence electrons. The highest BCUT2D eigenvalue weighted by atomic mass is 79.9. The number of nitrogens with zero attached hydrogens (tertiary/aromatic N) is 1. The molecule has 0 radical (unpaired) electrons. The van der Waals surface area contributed by atoms with E-state index in [1.165, 1.54) is 0 Å². The first-order valence-corrected chi connectivity index (χ1v) is 5.12. The molecule has 0 saturated carbocycles. The summed E-state index contributed by atoms with van der Waals surface area (Å²) in [7, 11) is 0.840. The minimum absolute atomic E-state index is 0.413. The molecule has 0 aliphatic rings. The summed E-state index contributed by atoms with van der Waals surface area (Å²) in [4.78, 5) is 14.1. The molecule has 1 aromatic rings. The summed E-state index contributed by atoms with van der Waals surface area (Å²) in [6.45, 7) is 0. The average Bonchev–Trinajstić information content (AvgIpc) is 2.26. The van der Waals surface area contributed by atoms with Gasteiger partial charge in [-0.25, -0.2) is 18.6 Å². The highest BCUT2D eigenvalue weighted by Crippen LogP contribution is 2.35. The lowest BCUT2D eigenvalue weighted by atomic mass is 10.1. The quantitative estimate of drug-likeness (QED) is 0.471. The van der Waals surface area contributed by atoms with Crippen molar-refractivity contribution >= 4 is 21.9 Å². The van der Waals surface area contributed by atoms with E-state index in [-0.39, 0.29) is 0 Å². The lowest BCUT2D eigenvalue weighted by Crippen LogP contribution is -2.17.